The van der Waals surface area contributed by atoms with Crippen LogP contribution in [-0.4, -0.2) is 24.5 Å². The lowest BCUT2D eigenvalue weighted by molar-refractivity contribution is 0.327. The highest BCUT2D eigenvalue weighted by atomic mass is 15.1. The number of nitrogens with one attached hydrogen (secondary N) is 1. The number of benzene rings is 2. The second-order valence-electron chi connectivity index (χ2n) is 6.30. The topological polar surface area (TPSA) is 15.3 Å². The first-order valence-corrected chi connectivity index (χ1v) is 8.01. The van der Waals surface area contributed by atoms with E-state index in [9.17, 15) is 0 Å². The van der Waals surface area contributed by atoms with Gasteiger partial charge in [0.1, 0.15) is 0 Å². The van der Waals surface area contributed by atoms with Crippen LogP contribution < -0.4 is 5.32 Å². The van der Waals surface area contributed by atoms with Crippen LogP contribution in [-0.2, 0) is 13.0 Å². The van der Waals surface area contributed by atoms with Gasteiger partial charge in [0, 0.05) is 25.3 Å². The normalized spacial score (nSPS) is 21.2. The summed E-state index contributed by atoms with van der Waals surface area (Å²) in [6.45, 7) is 4.58. The molecule has 0 spiro atoms. The molecule has 0 radical (unpaired) electrons. The largest absolute Gasteiger partial charge is 0.384 e. The van der Waals surface area contributed by atoms with E-state index in [2.05, 4.69) is 58.7 Å². The summed E-state index contributed by atoms with van der Waals surface area (Å²) in [6, 6.07) is 17.9. The summed E-state index contributed by atoms with van der Waals surface area (Å²) in [7, 11) is 0. The first-order valence-electron chi connectivity index (χ1n) is 8.01. The standard InChI is InChI=1S/C19H22N2/c1-2-4-16(5-3-1)18-9-11-21(14-18)13-15-6-7-17-8-10-20-19(17)12-15/h1-7,12,18,20H,8-11,13-14H2. The Hall–Kier alpha value is -1.80. The predicted molar refractivity (Wildman–Crippen MR) is 87.7 cm³/mol. The summed E-state index contributed by atoms with van der Waals surface area (Å²) in [5.41, 5.74) is 5.76. The van der Waals surface area contributed by atoms with Crippen LogP contribution in [0, 0.1) is 0 Å². The molecule has 21 heavy (non-hydrogen) atoms. The second kappa shape index (κ2) is 5.53. The molecule has 2 aromatic rings. The van der Waals surface area contributed by atoms with Gasteiger partial charge in [-0.15, -0.1) is 0 Å². The number of rotatable bonds is 3. The number of fused-ring (bicyclic) bond motifs is 1. The smallest absolute Gasteiger partial charge is 0.0376 e. The highest BCUT2D eigenvalue weighted by Gasteiger charge is 2.23. The molecule has 2 aliphatic rings. The van der Waals surface area contributed by atoms with Gasteiger partial charge in [0.25, 0.3) is 0 Å². The molecular weight excluding hydrogens is 256 g/mol. The van der Waals surface area contributed by atoms with Gasteiger partial charge in [-0.2, -0.15) is 0 Å². The lowest BCUT2D eigenvalue weighted by Crippen LogP contribution is -2.19. The van der Waals surface area contributed by atoms with Crippen molar-refractivity contribution in [3.8, 4) is 0 Å². The molecule has 4 rings (SSSR count). The van der Waals surface area contributed by atoms with Crippen LogP contribution in [0.5, 0.6) is 0 Å². The van der Waals surface area contributed by atoms with E-state index in [1.165, 1.54) is 48.3 Å². The molecule has 0 bridgehead atoms. The van der Waals surface area contributed by atoms with Crippen LogP contribution in [0.15, 0.2) is 48.5 Å². The van der Waals surface area contributed by atoms with Crippen molar-refractivity contribution in [2.24, 2.45) is 0 Å². The zero-order valence-corrected chi connectivity index (χ0v) is 12.4. The van der Waals surface area contributed by atoms with Gasteiger partial charge in [-0.25, -0.2) is 0 Å². The van der Waals surface area contributed by atoms with E-state index in [4.69, 9.17) is 0 Å². The Bertz CT molecular complexity index is 621. The summed E-state index contributed by atoms with van der Waals surface area (Å²) < 4.78 is 0. The first kappa shape index (κ1) is 12.9. The minimum absolute atomic E-state index is 0.707. The van der Waals surface area contributed by atoms with E-state index in [1.54, 1.807) is 0 Å². The fourth-order valence-corrected chi connectivity index (χ4v) is 3.67. The molecule has 2 nitrogen and oxygen atoms in total. The van der Waals surface area contributed by atoms with Gasteiger partial charge in [0.2, 0.25) is 0 Å². The third kappa shape index (κ3) is 2.68. The molecule has 2 heteroatoms. The zero-order valence-electron chi connectivity index (χ0n) is 12.4. The predicted octanol–water partition coefficient (Wildman–Crippen LogP) is 3.64. The summed E-state index contributed by atoms with van der Waals surface area (Å²) >= 11 is 0. The highest BCUT2D eigenvalue weighted by Crippen LogP contribution is 2.29. The molecule has 0 aromatic heterocycles. The van der Waals surface area contributed by atoms with E-state index in [0.29, 0.717) is 5.92 Å². The van der Waals surface area contributed by atoms with Gasteiger partial charge in [-0.3, -0.25) is 4.90 Å². The minimum atomic E-state index is 0.707. The molecule has 2 heterocycles. The average Bonchev–Trinajstić information content (AvgIpc) is 3.17. The quantitative estimate of drug-likeness (QED) is 0.922. The first-order chi connectivity index (χ1) is 10.4. The van der Waals surface area contributed by atoms with Crippen molar-refractivity contribution in [3.63, 3.8) is 0 Å². The molecule has 2 aliphatic heterocycles. The van der Waals surface area contributed by atoms with Crippen molar-refractivity contribution in [1.29, 1.82) is 0 Å². The third-order valence-electron chi connectivity index (χ3n) is 4.83. The maximum Gasteiger partial charge on any atom is 0.0376 e. The average molecular weight is 278 g/mol. The molecule has 1 atom stereocenters. The van der Waals surface area contributed by atoms with E-state index in [0.717, 1.165) is 13.1 Å². The van der Waals surface area contributed by atoms with Crippen LogP contribution in [0.2, 0.25) is 0 Å². The number of hydrogen-bond acceptors (Lipinski definition) is 2. The van der Waals surface area contributed by atoms with Crippen molar-refractivity contribution in [1.82, 2.24) is 4.90 Å². The Balaban J connectivity index is 1.42. The van der Waals surface area contributed by atoms with Crippen LogP contribution in [0.4, 0.5) is 5.69 Å². The van der Waals surface area contributed by atoms with Crippen molar-refractivity contribution in [3.05, 3.63) is 65.2 Å². The van der Waals surface area contributed by atoms with Crippen LogP contribution in [0.1, 0.15) is 29.0 Å². The Morgan fingerprint density at radius 3 is 2.90 bits per heavy atom. The maximum atomic E-state index is 3.48. The Morgan fingerprint density at radius 1 is 1.10 bits per heavy atom. The Morgan fingerprint density at radius 2 is 2.00 bits per heavy atom. The van der Waals surface area contributed by atoms with Gasteiger partial charge >= 0.3 is 0 Å². The fourth-order valence-electron chi connectivity index (χ4n) is 3.67. The van der Waals surface area contributed by atoms with Gasteiger partial charge in [0.15, 0.2) is 0 Å². The van der Waals surface area contributed by atoms with E-state index in [-0.39, 0.29) is 0 Å². The third-order valence-corrected chi connectivity index (χ3v) is 4.83. The van der Waals surface area contributed by atoms with E-state index in [1.807, 2.05) is 0 Å². The lowest BCUT2D eigenvalue weighted by atomic mass is 9.99. The van der Waals surface area contributed by atoms with Gasteiger partial charge < -0.3 is 5.32 Å². The van der Waals surface area contributed by atoms with Crippen molar-refractivity contribution in [2.45, 2.75) is 25.3 Å². The molecular formula is C19H22N2. The Labute approximate surface area is 126 Å². The molecule has 1 saturated heterocycles. The molecule has 1 fully saturated rings. The summed E-state index contributed by atoms with van der Waals surface area (Å²) in [4.78, 5) is 2.59. The number of nitrogens with zero attached hydrogens (tertiary/aromatic N) is 1. The highest BCUT2D eigenvalue weighted by molar-refractivity contribution is 5.57. The van der Waals surface area contributed by atoms with Gasteiger partial charge in [-0.05, 0) is 48.1 Å². The molecule has 0 aliphatic carbocycles. The summed E-state index contributed by atoms with van der Waals surface area (Å²) in [5, 5.41) is 3.48. The molecule has 1 unspecified atom stereocenters. The SMILES string of the molecule is c1ccc(C2CCN(Cc3ccc4c(c3)NCC4)C2)cc1. The van der Waals surface area contributed by atoms with E-state index < -0.39 is 0 Å². The van der Waals surface area contributed by atoms with Crippen LogP contribution in [0.25, 0.3) is 0 Å². The Kier molecular flexibility index (Phi) is 3.40. The molecule has 1 N–H and O–H groups in total. The number of hydrogen-bond donors (Lipinski definition) is 1. The lowest BCUT2D eigenvalue weighted by Gasteiger charge is -2.17. The number of anilines is 1. The minimum Gasteiger partial charge on any atom is -0.384 e. The number of likely N-dealkylation sites (tertiary alicyclic amines) is 1. The monoisotopic (exact) mass is 278 g/mol. The molecule has 0 saturated carbocycles. The van der Waals surface area contributed by atoms with E-state index >= 15 is 0 Å². The van der Waals surface area contributed by atoms with Crippen molar-refractivity contribution in [2.75, 3.05) is 25.0 Å². The summed E-state index contributed by atoms with van der Waals surface area (Å²) in [6.07, 6.45) is 2.46. The molecule has 108 valence electrons. The maximum absolute atomic E-state index is 3.48. The second-order valence-corrected chi connectivity index (χ2v) is 6.30. The van der Waals surface area contributed by atoms with Crippen LogP contribution >= 0.6 is 0 Å². The molecule has 2 aromatic carbocycles. The van der Waals surface area contributed by atoms with Crippen molar-refractivity contribution < 1.29 is 0 Å². The molecule has 0 amide bonds. The van der Waals surface area contributed by atoms with Gasteiger partial charge in [-0.1, -0.05) is 42.5 Å². The van der Waals surface area contributed by atoms with Crippen LogP contribution in [0.3, 0.4) is 0 Å². The van der Waals surface area contributed by atoms with Gasteiger partial charge in [0.05, 0.1) is 0 Å². The fraction of sp³-hybridized carbons (Fsp3) is 0.368. The zero-order chi connectivity index (χ0) is 14.1. The van der Waals surface area contributed by atoms with Crippen molar-refractivity contribution >= 4 is 5.69 Å². The summed E-state index contributed by atoms with van der Waals surface area (Å²) in [5.74, 6) is 0.707.